The third-order valence-corrected chi connectivity index (χ3v) is 3.31. The molecule has 1 aromatic carbocycles. The largest absolute Gasteiger partial charge is 0.497 e. The molecule has 96 valence electrons. The number of aryl methyl sites for hydroxylation is 1. The fourth-order valence-electron chi connectivity index (χ4n) is 2.28. The summed E-state index contributed by atoms with van der Waals surface area (Å²) in [6.45, 7) is 2.07. The fraction of sp³-hybridized carbons (Fsp3) is 0.188. The van der Waals surface area contributed by atoms with Crippen molar-refractivity contribution in [1.82, 2.24) is 9.78 Å². The zero-order chi connectivity index (χ0) is 13.2. The number of allylic oxidation sites excluding steroid dienone is 4. The second kappa shape index (κ2) is 4.76. The lowest BCUT2D eigenvalue weighted by Gasteiger charge is -2.06. The number of nitrogens with zero attached hydrogens (tertiary/aromatic N) is 2. The summed E-state index contributed by atoms with van der Waals surface area (Å²) in [5.74, 6) is 1.16. The van der Waals surface area contributed by atoms with E-state index in [1.807, 2.05) is 28.9 Å². The third kappa shape index (κ3) is 2.19. The van der Waals surface area contributed by atoms with Crippen LogP contribution in [0.25, 0.3) is 5.69 Å². The van der Waals surface area contributed by atoms with E-state index >= 15 is 0 Å². The maximum Gasteiger partial charge on any atom is 0.119 e. The van der Waals surface area contributed by atoms with Crippen molar-refractivity contribution in [1.29, 1.82) is 0 Å². The van der Waals surface area contributed by atoms with E-state index in [0.29, 0.717) is 5.92 Å². The molecule has 0 spiro atoms. The van der Waals surface area contributed by atoms with Crippen LogP contribution in [0, 0.1) is 6.92 Å². The first kappa shape index (κ1) is 11.8. The topological polar surface area (TPSA) is 27.1 Å². The van der Waals surface area contributed by atoms with E-state index in [-0.39, 0.29) is 0 Å². The third-order valence-electron chi connectivity index (χ3n) is 3.31. The van der Waals surface area contributed by atoms with Gasteiger partial charge in [0.2, 0.25) is 0 Å². The van der Waals surface area contributed by atoms with Gasteiger partial charge in [0.05, 0.1) is 18.5 Å². The van der Waals surface area contributed by atoms with Crippen molar-refractivity contribution in [3.05, 3.63) is 66.0 Å². The number of ether oxygens (including phenoxy) is 1. The molecule has 0 atom stereocenters. The van der Waals surface area contributed by atoms with Crippen LogP contribution in [0.15, 0.2) is 54.6 Å². The first-order valence-corrected chi connectivity index (χ1v) is 6.34. The van der Waals surface area contributed by atoms with Gasteiger partial charge >= 0.3 is 0 Å². The Morgan fingerprint density at radius 1 is 1.11 bits per heavy atom. The highest BCUT2D eigenvalue weighted by Crippen LogP contribution is 2.24. The number of hydrogen-bond donors (Lipinski definition) is 0. The highest BCUT2D eigenvalue weighted by atomic mass is 16.5. The second-order valence-electron chi connectivity index (χ2n) is 4.62. The minimum absolute atomic E-state index is 0.304. The van der Waals surface area contributed by atoms with Gasteiger partial charge in [-0.1, -0.05) is 24.3 Å². The zero-order valence-electron chi connectivity index (χ0n) is 11.1. The van der Waals surface area contributed by atoms with Gasteiger partial charge in [-0.2, -0.15) is 5.10 Å². The lowest BCUT2D eigenvalue weighted by atomic mass is 10.1. The Kier molecular flexibility index (Phi) is 2.95. The average molecular weight is 252 g/mol. The molecular weight excluding hydrogens is 236 g/mol. The average Bonchev–Trinajstić information content (AvgIpc) is 3.08. The van der Waals surface area contributed by atoms with E-state index in [4.69, 9.17) is 9.84 Å². The molecule has 1 aromatic heterocycles. The maximum atomic E-state index is 5.17. The molecule has 0 fully saturated rings. The molecule has 3 rings (SSSR count). The normalized spacial score (nSPS) is 14.2. The number of rotatable bonds is 3. The van der Waals surface area contributed by atoms with Gasteiger partial charge in [0.1, 0.15) is 5.75 Å². The van der Waals surface area contributed by atoms with Gasteiger partial charge in [0.25, 0.3) is 0 Å². The van der Waals surface area contributed by atoms with E-state index in [1.54, 1.807) is 7.11 Å². The van der Waals surface area contributed by atoms with E-state index in [2.05, 4.69) is 37.3 Å². The minimum Gasteiger partial charge on any atom is -0.497 e. The smallest absolute Gasteiger partial charge is 0.119 e. The van der Waals surface area contributed by atoms with E-state index < -0.39 is 0 Å². The van der Waals surface area contributed by atoms with Crippen molar-refractivity contribution in [3.8, 4) is 11.4 Å². The Bertz CT molecular complexity index is 623. The standard InChI is InChI=1S/C16H16N2O/c1-12-11-16(13-5-3-4-6-13)17-18(12)14-7-9-15(19-2)10-8-14/h3-11,13H,1-2H3. The van der Waals surface area contributed by atoms with Gasteiger partial charge in [-0.05, 0) is 37.3 Å². The number of aromatic nitrogens is 2. The van der Waals surface area contributed by atoms with Gasteiger partial charge < -0.3 is 4.74 Å². The van der Waals surface area contributed by atoms with Gasteiger partial charge in [-0.3, -0.25) is 0 Å². The predicted octanol–water partition coefficient (Wildman–Crippen LogP) is 3.40. The van der Waals surface area contributed by atoms with Crippen LogP contribution >= 0.6 is 0 Å². The maximum absolute atomic E-state index is 5.17. The SMILES string of the molecule is COc1ccc(-n2nc(C3C=CC=C3)cc2C)cc1. The molecular formula is C16H16N2O. The van der Waals surface area contributed by atoms with Crippen LogP contribution in [0.2, 0.25) is 0 Å². The quantitative estimate of drug-likeness (QED) is 0.837. The molecule has 1 aliphatic rings. The van der Waals surface area contributed by atoms with Crippen LogP contribution in [0.4, 0.5) is 0 Å². The molecule has 1 aliphatic carbocycles. The van der Waals surface area contributed by atoms with Crippen LogP contribution in [-0.4, -0.2) is 16.9 Å². The molecule has 0 saturated carbocycles. The fourth-order valence-corrected chi connectivity index (χ4v) is 2.28. The van der Waals surface area contributed by atoms with Crippen LogP contribution in [-0.2, 0) is 0 Å². The Balaban J connectivity index is 1.95. The van der Waals surface area contributed by atoms with Crippen molar-refractivity contribution in [2.75, 3.05) is 7.11 Å². The van der Waals surface area contributed by atoms with Crippen LogP contribution < -0.4 is 4.74 Å². The Morgan fingerprint density at radius 3 is 2.42 bits per heavy atom. The summed E-state index contributed by atoms with van der Waals surface area (Å²) < 4.78 is 7.14. The molecule has 0 aliphatic heterocycles. The molecule has 19 heavy (non-hydrogen) atoms. The van der Waals surface area contributed by atoms with Crippen molar-refractivity contribution in [2.45, 2.75) is 12.8 Å². The molecule has 0 amide bonds. The number of hydrogen-bond acceptors (Lipinski definition) is 2. The molecule has 3 nitrogen and oxygen atoms in total. The molecule has 0 bridgehead atoms. The molecule has 3 heteroatoms. The molecule has 0 radical (unpaired) electrons. The Morgan fingerprint density at radius 2 is 1.79 bits per heavy atom. The highest BCUT2D eigenvalue weighted by Gasteiger charge is 2.13. The van der Waals surface area contributed by atoms with Crippen LogP contribution in [0.1, 0.15) is 17.3 Å². The first-order valence-electron chi connectivity index (χ1n) is 6.34. The van der Waals surface area contributed by atoms with E-state index in [0.717, 1.165) is 22.8 Å². The Labute approximate surface area is 112 Å². The second-order valence-corrected chi connectivity index (χ2v) is 4.62. The Hall–Kier alpha value is -2.29. The summed E-state index contributed by atoms with van der Waals surface area (Å²) in [6, 6.07) is 10.1. The molecule has 0 saturated heterocycles. The monoisotopic (exact) mass is 252 g/mol. The lowest BCUT2D eigenvalue weighted by molar-refractivity contribution is 0.414. The van der Waals surface area contributed by atoms with E-state index in [1.165, 1.54) is 0 Å². The van der Waals surface area contributed by atoms with Crippen molar-refractivity contribution in [2.24, 2.45) is 0 Å². The minimum atomic E-state index is 0.304. The zero-order valence-corrected chi connectivity index (χ0v) is 11.1. The lowest BCUT2D eigenvalue weighted by Crippen LogP contribution is -2.00. The van der Waals surface area contributed by atoms with Crippen LogP contribution in [0.5, 0.6) is 5.75 Å². The summed E-state index contributed by atoms with van der Waals surface area (Å²) in [7, 11) is 1.67. The van der Waals surface area contributed by atoms with Gasteiger partial charge in [0, 0.05) is 11.6 Å². The van der Waals surface area contributed by atoms with Gasteiger partial charge in [-0.15, -0.1) is 0 Å². The molecule has 0 unspecified atom stereocenters. The number of benzene rings is 1. The first-order chi connectivity index (χ1) is 9.28. The summed E-state index contributed by atoms with van der Waals surface area (Å²) in [4.78, 5) is 0. The van der Waals surface area contributed by atoms with Gasteiger partial charge in [-0.25, -0.2) is 4.68 Å². The molecule has 2 aromatic rings. The molecule has 0 N–H and O–H groups in total. The van der Waals surface area contributed by atoms with Crippen molar-refractivity contribution < 1.29 is 4.74 Å². The van der Waals surface area contributed by atoms with Gasteiger partial charge in [0.15, 0.2) is 0 Å². The predicted molar refractivity (Wildman–Crippen MR) is 75.9 cm³/mol. The highest BCUT2D eigenvalue weighted by molar-refractivity contribution is 5.40. The summed E-state index contributed by atoms with van der Waals surface area (Å²) in [5.41, 5.74) is 3.27. The molecule has 1 heterocycles. The number of methoxy groups -OCH3 is 1. The summed E-state index contributed by atoms with van der Waals surface area (Å²) in [5, 5.41) is 4.69. The summed E-state index contributed by atoms with van der Waals surface area (Å²) >= 11 is 0. The van der Waals surface area contributed by atoms with Crippen LogP contribution in [0.3, 0.4) is 0 Å². The van der Waals surface area contributed by atoms with Crippen molar-refractivity contribution in [3.63, 3.8) is 0 Å². The van der Waals surface area contributed by atoms with Crippen molar-refractivity contribution >= 4 is 0 Å². The summed E-state index contributed by atoms with van der Waals surface area (Å²) in [6.07, 6.45) is 8.43. The van der Waals surface area contributed by atoms with E-state index in [9.17, 15) is 0 Å².